The molecule has 3 aromatic rings. The van der Waals surface area contributed by atoms with Crippen molar-refractivity contribution in [3.8, 4) is 0 Å². The van der Waals surface area contributed by atoms with Crippen LogP contribution < -0.4 is 11.4 Å². The van der Waals surface area contributed by atoms with E-state index in [1.54, 1.807) is 19.1 Å². The van der Waals surface area contributed by atoms with Crippen molar-refractivity contribution < 1.29 is 13.9 Å². The lowest BCUT2D eigenvalue weighted by atomic mass is 10.0. The standard InChI is InChI=1S/C20H15NO4S/c1-2-24-19(22)15-10-9-14-13-8-7-11-5-3-4-6-12(11)16(13)25-20(23)17(14)26-18(15)21/h3-10H,2,21H2,1H3. The Kier molecular flexibility index (Phi) is 4.05. The fourth-order valence-electron chi connectivity index (χ4n) is 2.99. The van der Waals surface area contributed by atoms with E-state index in [0.29, 0.717) is 16.0 Å². The molecule has 1 aliphatic rings. The zero-order chi connectivity index (χ0) is 18.3. The minimum Gasteiger partial charge on any atom is -0.462 e. The van der Waals surface area contributed by atoms with Crippen LogP contribution in [-0.2, 0) is 9.53 Å². The lowest BCUT2D eigenvalue weighted by molar-refractivity contribution is -0.138. The Labute approximate surface area is 153 Å². The van der Waals surface area contributed by atoms with Gasteiger partial charge in [0.2, 0.25) is 0 Å². The van der Waals surface area contributed by atoms with E-state index in [-0.39, 0.29) is 17.2 Å². The van der Waals surface area contributed by atoms with Gasteiger partial charge in [0.15, 0.2) is 0 Å². The van der Waals surface area contributed by atoms with Gasteiger partial charge < -0.3 is 14.9 Å². The van der Waals surface area contributed by atoms with Gasteiger partial charge in [-0.2, -0.15) is 0 Å². The van der Waals surface area contributed by atoms with Crippen LogP contribution in [0.2, 0.25) is 0 Å². The van der Waals surface area contributed by atoms with Gasteiger partial charge in [-0.15, -0.1) is 0 Å². The first-order valence-electron chi connectivity index (χ1n) is 8.11. The number of fused-ring (bicyclic) bond motifs is 5. The quantitative estimate of drug-likeness (QED) is 0.423. The van der Waals surface area contributed by atoms with Gasteiger partial charge in [0, 0.05) is 16.3 Å². The molecule has 0 bridgehead atoms. The molecule has 0 fully saturated rings. The van der Waals surface area contributed by atoms with E-state index in [1.807, 2.05) is 36.4 Å². The maximum atomic E-state index is 12.6. The largest absolute Gasteiger partial charge is 0.462 e. The molecule has 2 heterocycles. The van der Waals surface area contributed by atoms with Crippen molar-refractivity contribution in [2.24, 2.45) is 5.73 Å². The van der Waals surface area contributed by atoms with Crippen LogP contribution in [0.3, 0.4) is 0 Å². The van der Waals surface area contributed by atoms with Crippen LogP contribution in [0.1, 0.15) is 12.5 Å². The van der Waals surface area contributed by atoms with Crippen molar-refractivity contribution in [1.82, 2.24) is 0 Å². The molecule has 0 amide bonds. The Morgan fingerprint density at radius 1 is 1.15 bits per heavy atom. The van der Waals surface area contributed by atoms with Gasteiger partial charge in [0.1, 0.15) is 10.5 Å². The van der Waals surface area contributed by atoms with E-state index in [2.05, 4.69) is 0 Å². The zero-order valence-electron chi connectivity index (χ0n) is 13.9. The Hall–Kier alpha value is -2.99. The number of thioether (sulfide) groups is 1. The third-order valence-electron chi connectivity index (χ3n) is 4.18. The lowest BCUT2D eigenvalue weighted by Crippen LogP contribution is -2.11. The molecule has 0 spiro atoms. The first-order chi connectivity index (χ1) is 12.6. The number of carbonyl (C=O) groups is 1. The molecule has 0 unspecified atom stereocenters. The van der Waals surface area contributed by atoms with Gasteiger partial charge in [-0.25, -0.2) is 9.59 Å². The summed E-state index contributed by atoms with van der Waals surface area (Å²) >= 11 is 1.03. The van der Waals surface area contributed by atoms with Crippen molar-refractivity contribution in [3.63, 3.8) is 0 Å². The highest BCUT2D eigenvalue weighted by Gasteiger charge is 2.22. The summed E-state index contributed by atoms with van der Waals surface area (Å²) in [5, 5.41) is 2.85. The molecule has 1 aliphatic heterocycles. The first-order valence-corrected chi connectivity index (χ1v) is 8.93. The monoisotopic (exact) mass is 365 g/mol. The summed E-state index contributed by atoms with van der Waals surface area (Å²) < 4.78 is 10.7. The number of carbonyl (C=O) groups excluding carboxylic acids is 1. The maximum Gasteiger partial charge on any atom is 0.351 e. The van der Waals surface area contributed by atoms with E-state index in [0.717, 1.165) is 27.9 Å². The van der Waals surface area contributed by atoms with Gasteiger partial charge in [-0.3, -0.25) is 0 Å². The van der Waals surface area contributed by atoms with Crippen LogP contribution in [0.5, 0.6) is 0 Å². The number of nitrogens with two attached hydrogens (primary N) is 1. The Balaban J connectivity index is 1.98. The third-order valence-corrected chi connectivity index (χ3v) is 5.21. The van der Waals surface area contributed by atoms with E-state index in [1.165, 1.54) is 0 Å². The molecule has 2 N–H and O–H groups in total. The van der Waals surface area contributed by atoms with Gasteiger partial charge in [0.05, 0.1) is 17.2 Å². The maximum absolute atomic E-state index is 12.6. The minimum atomic E-state index is -0.513. The second-order valence-electron chi connectivity index (χ2n) is 5.73. The number of rotatable bonds is 2. The van der Waals surface area contributed by atoms with Crippen LogP contribution in [-0.4, -0.2) is 12.6 Å². The molecule has 130 valence electrons. The number of benzene rings is 2. The number of hydrogen-bond donors (Lipinski definition) is 1. The van der Waals surface area contributed by atoms with E-state index in [4.69, 9.17) is 14.9 Å². The SMILES string of the molecule is CCOC(=O)C1=C(N)Sc2c(c3ccc4ccccc4c3oc2=O)C=C1. The summed E-state index contributed by atoms with van der Waals surface area (Å²) in [6, 6.07) is 11.6. The molecule has 4 rings (SSSR count). The molecule has 0 atom stereocenters. The van der Waals surface area contributed by atoms with E-state index in [9.17, 15) is 9.59 Å². The van der Waals surface area contributed by atoms with Crippen LogP contribution >= 0.6 is 11.8 Å². The lowest BCUT2D eigenvalue weighted by Gasteiger charge is -2.09. The fourth-order valence-corrected chi connectivity index (χ4v) is 3.88. The second-order valence-corrected chi connectivity index (χ2v) is 6.78. The third kappa shape index (κ3) is 2.59. The van der Waals surface area contributed by atoms with E-state index < -0.39 is 11.6 Å². The molecule has 6 heteroatoms. The van der Waals surface area contributed by atoms with Gasteiger partial charge in [-0.1, -0.05) is 48.2 Å². The van der Waals surface area contributed by atoms with E-state index >= 15 is 0 Å². The molecular formula is C20H15NO4S. The number of ether oxygens (including phenoxy) is 1. The van der Waals surface area contributed by atoms with Crippen LogP contribution in [0.4, 0.5) is 0 Å². The Morgan fingerprint density at radius 3 is 2.77 bits per heavy atom. The minimum absolute atomic E-state index is 0.214. The van der Waals surface area contributed by atoms with Crippen LogP contribution in [0.25, 0.3) is 27.8 Å². The van der Waals surface area contributed by atoms with Gasteiger partial charge in [0.25, 0.3) is 0 Å². The summed E-state index contributed by atoms with van der Waals surface area (Å²) in [6.45, 7) is 1.97. The second kappa shape index (κ2) is 6.38. The molecule has 2 aromatic carbocycles. The fraction of sp³-hybridized carbons (Fsp3) is 0.100. The van der Waals surface area contributed by atoms with Crippen LogP contribution in [0, 0.1) is 0 Å². The molecule has 0 radical (unpaired) electrons. The smallest absolute Gasteiger partial charge is 0.351 e. The summed E-state index contributed by atoms with van der Waals surface area (Å²) in [4.78, 5) is 25.1. The molecule has 0 saturated carbocycles. The molecule has 26 heavy (non-hydrogen) atoms. The zero-order valence-corrected chi connectivity index (χ0v) is 14.8. The average Bonchev–Trinajstić information content (AvgIpc) is 2.81. The number of esters is 1. The predicted molar refractivity (Wildman–Crippen MR) is 103 cm³/mol. The van der Waals surface area contributed by atoms with Gasteiger partial charge >= 0.3 is 11.6 Å². The summed E-state index contributed by atoms with van der Waals surface area (Å²) in [6.07, 6.45) is 3.32. The van der Waals surface area contributed by atoms with Crippen molar-refractivity contribution >= 4 is 45.5 Å². The summed E-state index contributed by atoms with van der Waals surface area (Å²) in [5.74, 6) is -0.513. The average molecular weight is 365 g/mol. The van der Waals surface area contributed by atoms with Crippen molar-refractivity contribution in [2.45, 2.75) is 11.8 Å². The molecule has 0 aliphatic carbocycles. The van der Waals surface area contributed by atoms with Crippen molar-refractivity contribution in [1.29, 1.82) is 0 Å². The van der Waals surface area contributed by atoms with Crippen molar-refractivity contribution in [3.05, 3.63) is 69.1 Å². The summed E-state index contributed by atoms with van der Waals surface area (Å²) in [7, 11) is 0. The van der Waals surface area contributed by atoms with Crippen LogP contribution in [0.15, 0.2) is 67.2 Å². The highest BCUT2D eigenvalue weighted by Crippen LogP contribution is 2.36. The molecular weight excluding hydrogens is 350 g/mol. The van der Waals surface area contributed by atoms with Gasteiger partial charge in [-0.05, 0) is 24.5 Å². The predicted octanol–water partition coefficient (Wildman–Crippen LogP) is 3.80. The highest BCUT2D eigenvalue weighted by atomic mass is 32.2. The highest BCUT2D eigenvalue weighted by molar-refractivity contribution is 8.03. The van der Waals surface area contributed by atoms with Crippen molar-refractivity contribution in [2.75, 3.05) is 6.61 Å². The Bertz CT molecular complexity index is 1170. The molecule has 5 nitrogen and oxygen atoms in total. The first kappa shape index (κ1) is 16.5. The summed E-state index contributed by atoms with van der Waals surface area (Å²) in [5.41, 5.74) is 7.01. The Morgan fingerprint density at radius 2 is 1.96 bits per heavy atom. The number of hydrogen-bond acceptors (Lipinski definition) is 6. The molecule has 0 saturated heterocycles. The normalized spacial score (nSPS) is 13.7. The molecule has 1 aromatic heterocycles. The topological polar surface area (TPSA) is 82.5 Å².